The van der Waals surface area contributed by atoms with Crippen molar-refractivity contribution in [3.05, 3.63) is 21.3 Å². The minimum atomic E-state index is -0.491. The Morgan fingerprint density at radius 1 is 1.61 bits per heavy atom. The van der Waals surface area contributed by atoms with Gasteiger partial charge in [-0.1, -0.05) is 11.6 Å². The number of amides is 1. The predicted octanol–water partition coefficient (Wildman–Crippen LogP) is 2.80. The van der Waals surface area contributed by atoms with Crippen LogP contribution in [0.2, 0.25) is 5.02 Å². The summed E-state index contributed by atoms with van der Waals surface area (Å²) in [4.78, 5) is 12.5. The fourth-order valence-electron chi connectivity index (χ4n) is 1.32. The van der Waals surface area contributed by atoms with Gasteiger partial charge in [0.1, 0.15) is 5.60 Å². The van der Waals surface area contributed by atoms with Crippen LogP contribution in [0.4, 0.5) is 4.79 Å². The van der Waals surface area contributed by atoms with Crippen molar-refractivity contribution < 1.29 is 9.53 Å². The number of nitrogens with two attached hydrogens (primary N) is 1. The normalized spacial score (nSPS) is 13.2. The second kappa shape index (κ2) is 6.41. The van der Waals surface area contributed by atoms with Crippen molar-refractivity contribution in [3.63, 3.8) is 0 Å². The number of nitrogens with one attached hydrogen (secondary N) is 1. The molecule has 102 valence electrons. The summed E-state index contributed by atoms with van der Waals surface area (Å²) in [5.74, 6) is 0. The highest BCUT2D eigenvalue weighted by Gasteiger charge is 2.16. The predicted molar refractivity (Wildman–Crippen MR) is 75.2 cm³/mol. The van der Waals surface area contributed by atoms with E-state index in [2.05, 4.69) is 5.32 Å². The van der Waals surface area contributed by atoms with Crippen LogP contribution in [-0.2, 0) is 11.2 Å². The van der Waals surface area contributed by atoms with E-state index in [1.165, 1.54) is 0 Å². The van der Waals surface area contributed by atoms with Crippen molar-refractivity contribution in [3.8, 4) is 0 Å². The maximum absolute atomic E-state index is 11.4. The smallest absolute Gasteiger partial charge is 0.407 e. The highest BCUT2D eigenvalue weighted by molar-refractivity contribution is 7.10. The van der Waals surface area contributed by atoms with Crippen LogP contribution in [-0.4, -0.2) is 24.3 Å². The number of ether oxygens (including phenoxy) is 1. The maximum Gasteiger partial charge on any atom is 0.407 e. The lowest BCUT2D eigenvalue weighted by atomic mass is 10.2. The van der Waals surface area contributed by atoms with E-state index in [4.69, 9.17) is 22.1 Å². The van der Waals surface area contributed by atoms with Crippen LogP contribution in [0.1, 0.15) is 25.6 Å². The van der Waals surface area contributed by atoms with Crippen LogP contribution in [0.25, 0.3) is 0 Å². The third-order valence-corrected chi connectivity index (χ3v) is 3.30. The molecule has 1 heterocycles. The first-order valence-corrected chi connectivity index (χ1v) is 6.97. The zero-order chi connectivity index (χ0) is 13.8. The summed E-state index contributed by atoms with van der Waals surface area (Å²) in [6.45, 7) is 5.84. The Balaban J connectivity index is 2.29. The maximum atomic E-state index is 11.4. The Morgan fingerprint density at radius 3 is 2.78 bits per heavy atom. The summed E-state index contributed by atoms with van der Waals surface area (Å²) in [6, 6.07) is 1.74. The minimum Gasteiger partial charge on any atom is -0.444 e. The van der Waals surface area contributed by atoms with E-state index < -0.39 is 11.7 Å². The molecule has 1 atom stereocenters. The Bertz CT molecular complexity index is 401. The summed E-state index contributed by atoms with van der Waals surface area (Å²) in [5, 5.41) is 5.24. The van der Waals surface area contributed by atoms with Gasteiger partial charge in [0.15, 0.2) is 0 Å². The quantitative estimate of drug-likeness (QED) is 0.896. The van der Waals surface area contributed by atoms with Crippen molar-refractivity contribution >= 4 is 29.0 Å². The SMILES string of the molecule is CC(C)(C)OC(=O)NCC(N)Cc1cc(Cl)cs1. The van der Waals surface area contributed by atoms with Crippen molar-refractivity contribution in [2.75, 3.05) is 6.54 Å². The largest absolute Gasteiger partial charge is 0.444 e. The minimum absolute atomic E-state index is 0.146. The number of carbonyl (C=O) groups excluding carboxylic acids is 1. The van der Waals surface area contributed by atoms with E-state index in [9.17, 15) is 4.79 Å². The van der Waals surface area contributed by atoms with Crippen LogP contribution in [0.3, 0.4) is 0 Å². The van der Waals surface area contributed by atoms with Gasteiger partial charge in [-0.25, -0.2) is 4.79 Å². The monoisotopic (exact) mass is 290 g/mol. The molecule has 18 heavy (non-hydrogen) atoms. The summed E-state index contributed by atoms with van der Waals surface area (Å²) < 4.78 is 5.12. The zero-order valence-corrected chi connectivity index (χ0v) is 12.4. The number of carbonyl (C=O) groups is 1. The summed E-state index contributed by atoms with van der Waals surface area (Å²) >= 11 is 7.39. The van der Waals surface area contributed by atoms with Crippen LogP contribution >= 0.6 is 22.9 Å². The molecule has 0 aliphatic rings. The van der Waals surface area contributed by atoms with Crippen LogP contribution in [0, 0.1) is 0 Å². The molecule has 0 radical (unpaired) electrons. The Morgan fingerprint density at radius 2 is 2.28 bits per heavy atom. The zero-order valence-electron chi connectivity index (χ0n) is 10.8. The lowest BCUT2D eigenvalue weighted by molar-refractivity contribution is 0.0524. The molecule has 0 saturated heterocycles. The molecule has 6 heteroatoms. The number of hydrogen-bond donors (Lipinski definition) is 2. The molecule has 1 unspecified atom stereocenters. The average Bonchev–Trinajstić information content (AvgIpc) is 2.58. The first-order valence-electron chi connectivity index (χ1n) is 5.71. The molecule has 1 amide bonds. The van der Waals surface area contributed by atoms with E-state index in [0.29, 0.717) is 13.0 Å². The molecule has 0 aromatic carbocycles. The van der Waals surface area contributed by atoms with E-state index in [-0.39, 0.29) is 6.04 Å². The van der Waals surface area contributed by atoms with Gasteiger partial charge in [-0.05, 0) is 33.3 Å². The molecular weight excluding hydrogens is 272 g/mol. The third-order valence-electron chi connectivity index (χ3n) is 1.99. The Labute approximate surface area is 116 Å². The average molecular weight is 291 g/mol. The van der Waals surface area contributed by atoms with Gasteiger partial charge in [0.05, 0.1) is 5.02 Å². The molecular formula is C12H19ClN2O2S. The van der Waals surface area contributed by atoms with Gasteiger partial charge >= 0.3 is 6.09 Å². The fourth-order valence-corrected chi connectivity index (χ4v) is 2.49. The van der Waals surface area contributed by atoms with E-state index in [0.717, 1.165) is 9.90 Å². The number of thiophene rings is 1. The molecule has 0 bridgehead atoms. The standard InChI is InChI=1S/C12H19ClN2O2S/c1-12(2,3)17-11(16)15-6-9(14)5-10-4-8(13)7-18-10/h4,7,9H,5-6,14H2,1-3H3,(H,15,16). The van der Waals surface area contributed by atoms with Gasteiger partial charge in [-0.2, -0.15) is 0 Å². The van der Waals surface area contributed by atoms with Gasteiger partial charge in [0.25, 0.3) is 0 Å². The molecule has 0 aliphatic carbocycles. The molecule has 0 spiro atoms. The van der Waals surface area contributed by atoms with Crippen molar-refractivity contribution in [1.29, 1.82) is 0 Å². The van der Waals surface area contributed by atoms with Crippen molar-refractivity contribution in [2.45, 2.75) is 38.8 Å². The molecule has 1 aromatic heterocycles. The van der Waals surface area contributed by atoms with Crippen LogP contribution in [0.15, 0.2) is 11.4 Å². The van der Waals surface area contributed by atoms with Gasteiger partial charge in [0, 0.05) is 22.8 Å². The summed E-state index contributed by atoms with van der Waals surface area (Å²) in [6.07, 6.45) is 0.245. The first kappa shape index (κ1) is 15.3. The van der Waals surface area contributed by atoms with E-state index >= 15 is 0 Å². The number of hydrogen-bond acceptors (Lipinski definition) is 4. The number of rotatable bonds is 4. The van der Waals surface area contributed by atoms with E-state index in [1.807, 2.05) is 32.2 Å². The van der Waals surface area contributed by atoms with E-state index in [1.54, 1.807) is 11.3 Å². The first-order chi connectivity index (χ1) is 8.26. The topological polar surface area (TPSA) is 64.3 Å². The molecule has 1 aromatic rings. The second-order valence-electron chi connectivity index (χ2n) is 5.08. The summed E-state index contributed by atoms with van der Waals surface area (Å²) in [7, 11) is 0. The fraction of sp³-hybridized carbons (Fsp3) is 0.583. The van der Waals surface area contributed by atoms with Gasteiger partial charge in [0.2, 0.25) is 0 Å². The molecule has 0 fully saturated rings. The molecule has 3 N–H and O–H groups in total. The number of alkyl carbamates (subject to hydrolysis) is 1. The van der Waals surface area contributed by atoms with Crippen LogP contribution in [0.5, 0.6) is 0 Å². The van der Waals surface area contributed by atoms with Gasteiger partial charge < -0.3 is 15.8 Å². The second-order valence-corrected chi connectivity index (χ2v) is 6.51. The third kappa shape index (κ3) is 6.23. The highest BCUT2D eigenvalue weighted by atomic mass is 35.5. The molecule has 4 nitrogen and oxygen atoms in total. The molecule has 0 aliphatic heterocycles. The lowest BCUT2D eigenvalue weighted by Crippen LogP contribution is -2.40. The molecule has 0 saturated carbocycles. The van der Waals surface area contributed by atoms with Crippen LogP contribution < -0.4 is 11.1 Å². The number of halogens is 1. The lowest BCUT2D eigenvalue weighted by Gasteiger charge is -2.20. The van der Waals surface area contributed by atoms with Gasteiger partial charge in [-0.15, -0.1) is 11.3 Å². The Hall–Kier alpha value is -0.780. The molecule has 1 rings (SSSR count). The van der Waals surface area contributed by atoms with Gasteiger partial charge in [-0.3, -0.25) is 0 Å². The Kier molecular flexibility index (Phi) is 5.44. The van der Waals surface area contributed by atoms with Crippen molar-refractivity contribution in [2.24, 2.45) is 5.73 Å². The van der Waals surface area contributed by atoms with Crippen molar-refractivity contribution in [1.82, 2.24) is 5.32 Å². The summed E-state index contributed by atoms with van der Waals surface area (Å²) in [5.41, 5.74) is 5.43. The highest BCUT2D eigenvalue weighted by Crippen LogP contribution is 2.19.